The van der Waals surface area contributed by atoms with Crippen LogP contribution in [-0.4, -0.2) is 54.0 Å². The molecule has 0 aromatic heterocycles. The number of carbonyl (C=O) groups excluding carboxylic acids is 1. The summed E-state index contributed by atoms with van der Waals surface area (Å²) in [4.78, 5) is 10.6. The fourth-order valence-corrected chi connectivity index (χ4v) is 2.34. The zero-order valence-electron chi connectivity index (χ0n) is 12.4. The van der Waals surface area contributed by atoms with Gasteiger partial charge >= 0.3 is 5.97 Å². The van der Waals surface area contributed by atoms with Crippen LogP contribution >= 0.6 is 0 Å². The number of esters is 1. The topological polar surface area (TPSA) is 88.1 Å². The highest BCUT2D eigenvalue weighted by Gasteiger charge is 2.13. The smallest absolute Gasteiger partial charge is 0.302 e. The molecule has 0 saturated carbocycles. The maximum absolute atomic E-state index is 11.8. The van der Waals surface area contributed by atoms with Crippen molar-refractivity contribution in [2.75, 3.05) is 39.6 Å². The fraction of sp³-hybridized carbons (Fsp3) is 0.500. The molecule has 0 spiro atoms. The second kappa shape index (κ2) is 10.3. The quantitative estimate of drug-likeness (QED) is 0.339. The lowest BCUT2D eigenvalue weighted by Gasteiger charge is -2.07. The number of hydrogen-bond acceptors (Lipinski definition) is 7. The van der Waals surface area contributed by atoms with E-state index in [0.717, 1.165) is 0 Å². The summed E-state index contributed by atoms with van der Waals surface area (Å²) in [5.74, 6) is -0.350. The van der Waals surface area contributed by atoms with Crippen molar-refractivity contribution in [3.63, 3.8) is 0 Å². The van der Waals surface area contributed by atoms with Crippen LogP contribution in [0, 0.1) is 0 Å². The molecule has 1 aromatic carbocycles. The lowest BCUT2D eigenvalue weighted by Crippen LogP contribution is -2.14. The normalized spacial score (nSPS) is 11.3. The first-order valence-electron chi connectivity index (χ1n) is 6.76. The maximum Gasteiger partial charge on any atom is 0.302 e. The van der Waals surface area contributed by atoms with Gasteiger partial charge in [0, 0.05) is 6.92 Å². The van der Waals surface area contributed by atoms with Crippen LogP contribution in [0.5, 0.6) is 0 Å². The Labute approximate surface area is 130 Å². The van der Waals surface area contributed by atoms with Gasteiger partial charge in [-0.3, -0.25) is 8.98 Å². The molecule has 0 radical (unpaired) electrons. The highest BCUT2D eigenvalue weighted by molar-refractivity contribution is 7.86. The van der Waals surface area contributed by atoms with Crippen LogP contribution in [0.2, 0.25) is 0 Å². The molecular formula is C14H20O7S. The SMILES string of the molecule is CC(=O)OCCOCCOCCOS(=O)(=O)c1ccccc1. The summed E-state index contributed by atoms with van der Waals surface area (Å²) >= 11 is 0. The average Bonchev–Trinajstić information content (AvgIpc) is 2.49. The third-order valence-corrected chi connectivity index (χ3v) is 3.73. The number of ether oxygens (including phenoxy) is 3. The summed E-state index contributed by atoms with van der Waals surface area (Å²) in [5.41, 5.74) is 0. The van der Waals surface area contributed by atoms with Crippen LogP contribution in [0.1, 0.15) is 6.92 Å². The first kappa shape index (κ1) is 18.6. The van der Waals surface area contributed by atoms with Crippen molar-refractivity contribution in [1.82, 2.24) is 0 Å². The van der Waals surface area contributed by atoms with E-state index in [1.54, 1.807) is 18.2 Å². The largest absolute Gasteiger partial charge is 0.463 e. The summed E-state index contributed by atoms with van der Waals surface area (Å²) in [6, 6.07) is 7.91. The Kier molecular flexibility index (Phi) is 8.68. The van der Waals surface area contributed by atoms with Crippen molar-refractivity contribution < 1.29 is 31.6 Å². The molecule has 7 nitrogen and oxygen atoms in total. The van der Waals surface area contributed by atoms with Crippen molar-refractivity contribution >= 4 is 16.1 Å². The molecule has 0 aliphatic carbocycles. The zero-order valence-corrected chi connectivity index (χ0v) is 13.2. The van der Waals surface area contributed by atoms with Crippen LogP contribution in [0.15, 0.2) is 35.2 Å². The van der Waals surface area contributed by atoms with E-state index in [-0.39, 0.29) is 30.7 Å². The third kappa shape index (κ3) is 8.08. The van der Waals surface area contributed by atoms with Crippen LogP contribution in [0.4, 0.5) is 0 Å². The van der Waals surface area contributed by atoms with Gasteiger partial charge in [0.2, 0.25) is 0 Å². The molecule has 1 rings (SSSR count). The van der Waals surface area contributed by atoms with E-state index in [2.05, 4.69) is 4.74 Å². The van der Waals surface area contributed by atoms with Gasteiger partial charge in [0.25, 0.3) is 10.1 Å². The van der Waals surface area contributed by atoms with Gasteiger partial charge in [-0.05, 0) is 12.1 Å². The van der Waals surface area contributed by atoms with E-state index in [1.807, 2.05) is 0 Å². The van der Waals surface area contributed by atoms with Gasteiger partial charge < -0.3 is 14.2 Å². The van der Waals surface area contributed by atoms with E-state index in [1.165, 1.54) is 19.1 Å². The first-order chi connectivity index (χ1) is 10.5. The fourth-order valence-electron chi connectivity index (χ4n) is 1.42. The number of benzene rings is 1. The number of rotatable bonds is 11. The van der Waals surface area contributed by atoms with Gasteiger partial charge in [0.05, 0.1) is 37.9 Å². The van der Waals surface area contributed by atoms with Gasteiger partial charge in [0.1, 0.15) is 6.61 Å². The molecule has 0 unspecified atom stereocenters. The number of carbonyl (C=O) groups is 1. The van der Waals surface area contributed by atoms with Crippen molar-refractivity contribution in [2.45, 2.75) is 11.8 Å². The Bertz CT molecular complexity index is 527. The maximum atomic E-state index is 11.8. The molecule has 0 amide bonds. The Morgan fingerprint density at radius 1 is 0.909 bits per heavy atom. The van der Waals surface area contributed by atoms with Crippen LogP contribution < -0.4 is 0 Å². The molecule has 0 fully saturated rings. The minimum atomic E-state index is -3.73. The summed E-state index contributed by atoms with van der Waals surface area (Å²) < 4.78 is 43.3. The predicted octanol–water partition coefficient (Wildman–Crippen LogP) is 0.988. The Morgan fingerprint density at radius 3 is 2.05 bits per heavy atom. The molecular weight excluding hydrogens is 312 g/mol. The van der Waals surface area contributed by atoms with E-state index in [0.29, 0.717) is 19.8 Å². The van der Waals surface area contributed by atoms with Crippen molar-refractivity contribution in [1.29, 1.82) is 0 Å². The Hall–Kier alpha value is -1.48. The molecule has 1 aromatic rings. The second-order valence-electron chi connectivity index (χ2n) is 4.15. The molecule has 0 aliphatic heterocycles. The molecule has 0 aliphatic rings. The van der Waals surface area contributed by atoms with E-state index >= 15 is 0 Å². The molecule has 8 heteroatoms. The highest BCUT2D eigenvalue weighted by atomic mass is 32.2. The van der Waals surface area contributed by atoms with Gasteiger partial charge in [-0.25, -0.2) is 0 Å². The minimum absolute atomic E-state index is 0.0648. The van der Waals surface area contributed by atoms with Gasteiger partial charge in [-0.2, -0.15) is 8.42 Å². The van der Waals surface area contributed by atoms with E-state index in [9.17, 15) is 13.2 Å². The van der Waals surface area contributed by atoms with E-state index in [4.69, 9.17) is 13.7 Å². The minimum Gasteiger partial charge on any atom is -0.463 e. The van der Waals surface area contributed by atoms with Crippen molar-refractivity contribution in [3.05, 3.63) is 30.3 Å². The van der Waals surface area contributed by atoms with Crippen LogP contribution in [-0.2, 0) is 33.3 Å². The zero-order chi connectivity index (χ0) is 16.3. The van der Waals surface area contributed by atoms with E-state index < -0.39 is 10.1 Å². The summed E-state index contributed by atoms with van der Waals surface area (Å²) in [6.07, 6.45) is 0. The lowest BCUT2D eigenvalue weighted by atomic mass is 10.4. The van der Waals surface area contributed by atoms with Crippen molar-refractivity contribution in [2.24, 2.45) is 0 Å². The Morgan fingerprint density at radius 2 is 1.45 bits per heavy atom. The van der Waals surface area contributed by atoms with Gasteiger partial charge in [0.15, 0.2) is 0 Å². The predicted molar refractivity (Wildman–Crippen MR) is 77.9 cm³/mol. The molecule has 0 saturated heterocycles. The first-order valence-corrected chi connectivity index (χ1v) is 8.16. The standard InChI is InChI=1S/C14H20O7S/c1-13(15)20-11-9-18-7-8-19-10-12-21-22(16,17)14-5-3-2-4-6-14/h2-6H,7-12H2,1H3. The molecule has 0 N–H and O–H groups in total. The lowest BCUT2D eigenvalue weighted by molar-refractivity contribution is -0.142. The van der Waals surface area contributed by atoms with Crippen LogP contribution in [0.3, 0.4) is 0 Å². The molecule has 0 heterocycles. The molecule has 0 atom stereocenters. The summed E-state index contributed by atoms with van der Waals surface area (Å²) in [5, 5.41) is 0. The van der Waals surface area contributed by atoms with Crippen LogP contribution in [0.25, 0.3) is 0 Å². The molecule has 124 valence electrons. The monoisotopic (exact) mass is 332 g/mol. The number of hydrogen-bond donors (Lipinski definition) is 0. The van der Waals surface area contributed by atoms with Gasteiger partial charge in [-0.15, -0.1) is 0 Å². The second-order valence-corrected chi connectivity index (χ2v) is 5.77. The van der Waals surface area contributed by atoms with Crippen molar-refractivity contribution in [3.8, 4) is 0 Å². The average molecular weight is 332 g/mol. The third-order valence-electron chi connectivity index (χ3n) is 2.40. The Balaban J connectivity index is 2.03. The summed E-state index contributed by atoms with van der Waals surface area (Å²) in [6.45, 7) is 2.52. The molecule has 22 heavy (non-hydrogen) atoms. The van der Waals surface area contributed by atoms with Gasteiger partial charge in [-0.1, -0.05) is 18.2 Å². The highest BCUT2D eigenvalue weighted by Crippen LogP contribution is 2.10. The molecule has 0 bridgehead atoms. The summed E-state index contributed by atoms with van der Waals surface area (Å²) in [7, 11) is -3.73.